The van der Waals surface area contributed by atoms with Crippen LogP contribution < -0.4 is 10.6 Å². The Hall–Kier alpha value is -0.810. The van der Waals surface area contributed by atoms with Gasteiger partial charge in [-0.2, -0.15) is 0 Å². The van der Waals surface area contributed by atoms with Crippen LogP contribution >= 0.6 is 0 Å². The lowest BCUT2D eigenvalue weighted by Crippen LogP contribution is -2.45. The van der Waals surface area contributed by atoms with Gasteiger partial charge in [-0.15, -0.1) is 0 Å². The summed E-state index contributed by atoms with van der Waals surface area (Å²) in [6.07, 6.45) is 4.65. The standard InChI is InChI=1S/C16H33N3O2/c1-4-17-16(18-10-5-11-21-12-13(2)3)19-14-6-8-15(20)9-7-14/h13-15,20H,4-12H2,1-3H3,(H2,17,18,19). The molecule has 0 heterocycles. The Kier molecular flexibility index (Phi) is 9.42. The van der Waals surface area contributed by atoms with Gasteiger partial charge < -0.3 is 20.5 Å². The number of ether oxygens (including phenoxy) is 1. The second kappa shape index (κ2) is 10.9. The SMILES string of the molecule is CCNC(=NCCCOCC(C)C)NC1CCC(O)CC1. The summed E-state index contributed by atoms with van der Waals surface area (Å²) in [4.78, 5) is 4.60. The highest BCUT2D eigenvalue weighted by Crippen LogP contribution is 2.18. The summed E-state index contributed by atoms with van der Waals surface area (Å²) in [6.45, 7) is 9.64. The van der Waals surface area contributed by atoms with Crippen molar-refractivity contribution in [2.45, 2.75) is 65.0 Å². The molecule has 1 fully saturated rings. The van der Waals surface area contributed by atoms with Crippen LogP contribution in [-0.2, 0) is 4.74 Å². The minimum atomic E-state index is -0.110. The molecular formula is C16H33N3O2. The number of guanidine groups is 1. The van der Waals surface area contributed by atoms with Crippen molar-refractivity contribution in [3.63, 3.8) is 0 Å². The molecule has 1 saturated carbocycles. The van der Waals surface area contributed by atoms with Gasteiger partial charge in [0.15, 0.2) is 5.96 Å². The maximum atomic E-state index is 9.54. The van der Waals surface area contributed by atoms with Gasteiger partial charge in [0.25, 0.3) is 0 Å². The van der Waals surface area contributed by atoms with E-state index in [1.807, 2.05) is 0 Å². The van der Waals surface area contributed by atoms with Crippen molar-refractivity contribution in [1.29, 1.82) is 0 Å². The molecule has 3 N–H and O–H groups in total. The monoisotopic (exact) mass is 299 g/mol. The smallest absolute Gasteiger partial charge is 0.191 e. The Labute approximate surface area is 129 Å². The van der Waals surface area contributed by atoms with Crippen molar-refractivity contribution >= 4 is 5.96 Å². The lowest BCUT2D eigenvalue weighted by Gasteiger charge is -2.27. The predicted molar refractivity (Wildman–Crippen MR) is 87.7 cm³/mol. The van der Waals surface area contributed by atoms with E-state index >= 15 is 0 Å². The molecule has 0 aromatic heterocycles. The predicted octanol–water partition coefficient (Wildman–Crippen LogP) is 1.91. The van der Waals surface area contributed by atoms with Crippen LogP contribution in [0.15, 0.2) is 4.99 Å². The van der Waals surface area contributed by atoms with Crippen LogP contribution in [0, 0.1) is 5.92 Å². The minimum Gasteiger partial charge on any atom is -0.393 e. The van der Waals surface area contributed by atoms with E-state index in [1.54, 1.807) is 0 Å². The molecule has 124 valence electrons. The van der Waals surface area contributed by atoms with E-state index in [-0.39, 0.29) is 6.10 Å². The fourth-order valence-corrected chi connectivity index (χ4v) is 2.41. The zero-order valence-corrected chi connectivity index (χ0v) is 13.9. The number of rotatable bonds is 8. The average molecular weight is 299 g/mol. The molecule has 0 bridgehead atoms. The molecule has 0 aromatic rings. The lowest BCUT2D eigenvalue weighted by molar-refractivity contribution is 0.109. The van der Waals surface area contributed by atoms with E-state index in [1.165, 1.54) is 0 Å². The molecule has 0 amide bonds. The van der Waals surface area contributed by atoms with Crippen LogP contribution in [0.5, 0.6) is 0 Å². The van der Waals surface area contributed by atoms with Crippen LogP contribution in [0.2, 0.25) is 0 Å². The van der Waals surface area contributed by atoms with E-state index < -0.39 is 0 Å². The molecule has 0 radical (unpaired) electrons. The van der Waals surface area contributed by atoms with E-state index in [2.05, 4.69) is 36.4 Å². The number of aliphatic imine (C=N–C) groups is 1. The lowest BCUT2D eigenvalue weighted by atomic mass is 9.93. The number of nitrogens with zero attached hydrogens (tertiary/aromatic N) is 1. The first kappa shape index (κ1) is 18.2. The molecule has 5 heteroatoms. The summed E-state index contributed by atoms with van der Waals surface area (Å²) in [5.41, 5.74) is 0. The fraction of sp³-hybridized carbons (Fsp3) is 0.938. The first-order valence-electron chi connectivity index (χ1n) is 8.42. The highest BCUT2D eigenvalue weighted by Gasteiger charge is 2.19. The van der Waals surface area contributed by atoms with E-state index in [0.717, 1.165) is 64.4 Å². The van der Waals surface area contributed by atoms with Crippen LogP contribution in [0.4, 0.5) is 0 Å². The Bertz CT molecular complexity index is 287. The highest BCUT2D eigenvalue weighted by atomic mass is 16.5. The summed E-state index contributed by atoms with van der Waals surface area (Å²) in [5, 5.41) is 16.3. The Morgan fingerprint density at radius 3 is 2.62 bits per heavy atom. The quantitative estimate of drug-likeness (QED) is 0.364. The maximum Gasteiger partial charge on any atom is 0.191 e. The van der Waals surface area contributed by atoms with Crippen molar-refractivity contribution in [1.82, 2.24) is 10.6 Å². The molecule has 0 spiro atoms. The number of nitrogens with one attached hydrogen (secondary N) is 2. The Morgan fingerprint density at radius 1 is 1.29 bits per heavy atom. The molecule has 21 heavy (non-hydrogen) atoms. The van der Waals surface area contributed by atoms with Crippen molar-refractivity contribution in [2.24, 2.45) is 10.9 Å². The van der Waals surface area contributed by atoms with E-state index in [4.69, 9.17) is 4.74 Å². The zero-order chi connectivity index (χ0) is 15.5. The van der Waals surface area contributed by atoms with Crippen molar-refractivity contribution < 1.29 is 9.84 Å². The number of hydrogen-bond acceptors (Lipinski definition) is 3. The first-order chi connectivity index (χ1) is 10.1. The summed E-state index contributed by atoms with van der Waals surface area (Å²) in [5.74, 6) is 1.48. The average Bonchev–Trinajstić information content (AvgIpc) is 2.45. The topological polar surface area (TPSA) is 65.9 Å². The van der Waals surface area contributed by atoms with E-state index in [0.29, 0.717) is 12.0 Å². The number of hydrogen-bond donors (Lipinski definition) is 3. The molecule has 5 nitrogen and oxygen atoms in total. The van der Waals surface area contributed by atoms with Crippen LogP contribution in [0.25, 0.3) is 0 Å². The fourth-order valence-electron chi connectivity index (χ4n) is 2.41. The molecule has 1 rings (SSSR count). The van der Waals surface area contributed by atoms with Gasteiger partial charge in [-0.05, 0) is 44.9 Å². The van der Waals surface area contributed by atoms with Gasteiger partial charge in [0.2, 0.25) is 0 Å². The highest BCUT2D eigenvalue weighted by molar-refractivity contribution is 5.80. The summed E-state index contributed by atoms with van der Waals surface area (Å²) < 4.78 is 5.56. The van der Waals surface area contributed by atoms with Gasteiger partial charge in [-0.3, -0.25) is 4.99 Å². The third-order valence-corrected chi connectivity index (χ3v) is 3.55. The second-order valence-corrected chi connectivity index (χ2v) is 6.23. The molecule has 0 saturated heterocycles. The molecule has 1 aliphatic rings. The number of aliphatic hydroxyl groups excluding tert-OH is 1. The van der Waals surface area contributed by atoms with Crippen LogP contribution in [-0.4, -0.2) is 49.5 Å². The van der Waals surface area contributed by atoms with Crippen molar-refractivity contribution in [3.05, 3.63) is 0 Å². The van der Waals surface area contributed by atoms with Crippen LogP contribution in [0.1, 0.15) is 52.9 Å². The van der Waals surface area contributed by atoms with Gasteiger partial charge in [0, 0.05) is 32.3 Å². The van der Waals surface area contributed by atoms with Crippen LogP contribution in [0.3, 0.4) is 0 Å². The summed E-state index contributed by atoms with van der Waals surface area (Å²) in [6, 6.07) is 0.434. The van der Waals surface area contributed by atoms with Gasteiger partial charge in [0.1, 0.15) is 0 Å². The van der Waals surface area contributed by atoms with Gasteiger partial charge in [-0.25, -0.2) is 0 Å². The molecular weight excluding hydrogens is 266 g/mol. The minimum absolute atomic E-state index is 0.110. The molecule has 1 aliphatic carbocycles. The second-order valence-electron chi connectivity index (χ2n) is 6.23. The summed E-state index contributed by atoms with van der Waals surface area (Å²) in [7, 11) is 0. The van der Waals surface area contributed by atoms with Crippen molar-refractivity contribution in [2.75, 3.05) is 26.3 Å². The van der Waals surface area contributed by atoms with Gasteiger partial charge >= 0.3 is 0 Å². The Balaban J connectivity index is 2.23. The molecule has 0 atom stereocenters. The zero-order valence-electron chi connectivity index (χ0n) is 13.9. The maximum absolute atomic E-state index is 9.54. The van der Waals surface area contributed by atoms with Gasteiger partial charge in [-0.1, -0.05) is 13.8 Å². The molecule has 0 unspecified atom stereocenters. The normalized spacial score (nSPS) is 23.4. The molecule has 0 aromatic carbocycles. The third kappa shape index (κ3) is 8.94. The van der Waals surface area contributed by atoms with E-state index in [9.17, 15) is 5.11 Å². The molecule has 0 aliphatic heterocycles. The summed E-state index contributed by atoms with van der Waals surface area (Å²) >= 11 is 0. The number of aliphatic hydroxyl groups is 1. The van der Waals surface area contributed by atoms with Gasteiger partial charge in [0.05, 0.1) is 6.10 Å². The van der Waals surface area contributed by atoms with Crippen molar-refractivity contribution in [3.8, 4) is 0 Å². The first-order valence-corrected chi connectivity index (χ1v) is 8.42. The largest absolute Gasteiger partial charge is 0.393 e. The third-order valence-electron chi connectivity index (χ3n) is 3.55. The Morgan fingerprint density at radius 2 is 2.00 bits per heavy atom.